The summed E-state index contributed by atoms with van der Waals surface area (Å²) in [6.07, 6.45) is 2.02. The molecular formula is C17H16N2O3. The standard InChI is InChI=1S/C17H16N2O3/c1-2-3-10-18-15-7-5-4-6-13(15)17(20)14-11-12(19(21)22)8-9-16(14)18/h4-9,11H,2-3,10H2,1H3. The molecule has 0 saturated carbocycles. The van der Waals surface area contributed by atoms with Crippen molar-refractivity contribution in [3.63, 3.8) is 0 Å². The van der Waals surface area contributed by atoms with Crippen LogP contribution in [-0.4, -0.2) is 9.49 Å². The molecule has 22 heavy (non-hydrogen) atoms. The number of aromatic nitrogens is 1. The number of non-ortho nitro benzene ring substituents is 1. The zero-order valence-electron chi connectivity index (χ0n) is 12.3. The predicted octanol–water partition coefficient (Wildman–Crippen LogP) is 3.86. The number of fused-ring (bicyclic) bond motifs is 2. The normalized spacial score (nSPS) is 11.1. The highest BCUT2D eigenvalue weighted by Gasteiger charge is 2.14. The van der Waals surface area contributed by atoms with E-state index in [1.165, 1.54) is 12.1 Å². The van der Waals surface area contributed by atoms with Gasteiger partial charge in [0.2, 0.25) is 0 Å². The number of nitro benzene ring substituents is 1. The number of aryl methyl sites for hydroxylation is 1. The number of hydrogen-bond acceptors (Lipinski definition) is 3. The Morgan fingerprint density at radius 3 is 2.55 bits per heavy atom. The van der Waals surface area contributed by atoms with Gasteiger partial charge in [0.25, 0.3) is 5.69 Å². The summed E-state index contributed by atoms with van der Waals surface area (Å²) in [5.41, 5.74) is 1.43. The van der Waals surface area contributed by atoms with Crippen molar-refractivity contribution in [3.05, 3.63) is 62.8 Å². The van der Waals surface area contributed by atoms with Crippen LogP contribution in [0.15, 0.2) is 47.3 Å². The Bertz CT molecular complexity index is 928. The summed E-state index contributed by atoms with van der Waals surface area (Å²) in [5.74, 6) is 0. The van der Waals surface area contributed by atoms with Crippen molar-refractivity contribution >= 4 is 27.5 Å². The van der Waals surface area contributed by atoms with Crippen LogP contribution < -0.4 is 5.43 Å². The maximum Gasteiger partial charge on any atom is 0.270 e. The minimum atomic E-state index is -0.468. The van der Waals surface area contributed by atoms with Gasteiger partial charge in [0, 0.05) is 24.1 Å². The SMILES string of the molecule is CCCCn1c2ccccc2c(=O)c2cc([N+](=O)[O-])ccc21. The number of unbranched alkanes of at least 4 members (excludes halogenated alkanes) is 1. The molecule has 0 spiro atoms. The van der Waals surface area contributed by atoms with Gasteiger partial charge in [-0.3, -0.25) is 14.9 Å². The zero-order chi connectivity index (χ0) is 15.7. The van der Waals surface area contributed by atoms with Crippen molar-refractivity contribution in [1.82, 2.24) is 4.57 Å². The van der Waals surface area contributed by atoms with E-state index < -0.39 is 4.92 Å². The van der Waals surface area contributed by atoms with Crippen LogP contribution in [0.5, 0.6) is 0 Å². The lowest BCUT2D eigenvalue weighted by Crippen LogP contribution is -2.12. The van der Waals surface area contributed by atoms with Crippen LogP contribution in [0.3, 0.4) is 0 Å². The molecule has 0 aliphatic heterocycles. The number of rotatable bonds is 4. The minimum Gasteiger partial charge on any atom is -0.340 e. The highest BCUT2D eigenvalue weighted by Crippen LogP contribution is 2.23. The van der Waals surface area contributed by atoms with Crippen LogP contribution in [0.1, 0.15) is 19.8 Å². The summed E-state index contributed by atoms with van der Waals surface area (Å²) in [4.78, 5) is 23.2. The van der Waals surface area contributed by atoms with Crippen LogP contribution >= 0.6 is 0 Å². The largest absolute Gasteiger partial charge is 0.340 e. The second kappa shape index (κ2) is 5.60. The van der Waals surface area contributed by atoms with E-state index in [0.29, 0.717) is 10.8 Å². The summed E-state index contributed by atoms with van der Waals surface area (Å²) >= 11 is 0. The lowest BCUT2D eigenvalue weighted by Gasteiger charge is -2.14. The van der Waals surface area contributed by atoms with Gasteiger partial charge in [-0.25, -0.2) is 0 Å². The molecule has 0 unspecified atom stereocenters. The van der Waals surface area contributed by atoms with E-state index >= 15 is 0 Å². The summed E-state index contributed by atoms with van der Waals surface area (Å²) in [7, 11) is 0. The van der Waals surface area contributed by atoms with Crippen molar-refractivity contribution in [2.45, 2.75) is 26.3 Å². The summed E-state index contributed by atoms with van der Waals surface area (Å²) in [6, 6.07) is 11.9. The predicted molar refractivity (Wildman–Crippen MR) is 87.3 cm³/mol. The Morgan fingerprint density at radius 1 is 1.09 bits per heavy atom. The topological polar surface area (TPSA) is 65.1 Å². The van der Waals surface area contributed by atoms with Gasteiger partial charge in [-0.1, -0.05) is 25.5 Å². The highest BCUT2D eigenvalue weighted by molar-refractivity contribution is 5.94. The lowest BCUT2D eigenvalue weighted by atomic mass is 10.1. The number of pyridine rings is 1. The Hall–Kier alpha value is -2.69. The molecule has 0 radical (unpaired) electrons. The third kappa shape index (κ3) is 2.24. The first-order chi connectivity index (χ1) is 10.6. The van der Waals surface area contributed by atoms with E-state index in [4.69, 9.17) is 0 Å². The number of benzene rings is 2. The molecule has 1 aromatic heterocycles. The molecule has 0 atom stereocenters. The van der Waals surface area contributed by atoms with Crippen molar-refractivity contribution in [2.24, 2.45) is 0 Å². The van der Waals surface area contributed by atoms with Crippen LogP contribution in [0.25, 0.3) is 21.8 Å². The van der Waals surface area contributed by atoms with Gasteiger partial charge in [0.05, 0.1) is 21.3 Å². The molecular weight excluding hydrogens is 280 g/mol. The van der Waals surface area contributed by atoms with E-state index in [9.17, 15) is 14.9 Å². The van der Waals surface area contributed by atoms with Crippen LogP contribution in [0, 0.1) is 10.1 Å². The van der Waals surface area contributed by atoms with Gasteiger partial charge < -0.3 is 4.57 Å². The first-order valence-electron chi connectivity index (χ1n) is 7.33. The van der Waals surface area contributed by atoms with Gasteiger partial charge in [0.15, 0.2) is 5.43 Å². The first kappa shape index (κ1) is 14.3. The second-order valence-corrected chi connectivity index (χ2v) is 5.31. The third-order valence-corrected chi connectivity index (χ3v) is 3.90. The fourth-order valence-corrected chi connectivity index (χ4v) is 2.79. The molecule has 0 bridgehead atoms. The van der Waals surface area contributed by atoms with Crippen molar-refractivity contribution in [1.29, 1.82) is 0 Å². The molecule has 1 heterocycles. The summed E-state index contributed by atoms with van der Waals surface area (Å²) in [5, 5.41) is 12.0. The molecule has 0 saturated heterocycles. The molecule has 5 nitrogen and oxygen atoms in total. The summed E-state index contributed by atoms with van der Waals surface area (Å²) in [6.45, 7) is 2.89. The van der Waals surface area contributed by atoms with Gasteiger partial charge >= 0.3 is 0 Å². The van der Waals surface area contributed by atoms with Crippen LogP contribution in [-0.2, 0) is 6.54 Å². The smallest absolute Gasteiger partial charge is 0.270 e. The maximum absolute atomic E-state index is 12.7. The Morgan fingerprint density at radius 2 is 1.82 bits per heavy atom. The molecule has 0 aliphatic carbocycles. The van der Waals surface area contributed by atoms with E-state index in [2.05, 4.69) is 11.5 Å². The minimum absolute atomic E-state index is 0.0538. The molecule has 2 aromatic carbocycles. The van der Waals surface area contributed by atoms with E-state index in [1.807, 2.05) is 18.2 Å². The van der Waals surface area contributed by atoms with E-state index in [-0.39, 0.29) is 11.1 Å². The Labute approximate surface area is 126 Å². The van der Waals surface area contributed by atoms with Crippen molar-refractivity contribution in [3.8, 4) is 0 Å². The molecule has 3 rings (SSSR count). The third-order valence-electron chi connectivity index (χ3n) is 3.90. The zero-order valence-corrected chi connectivity index (χ0v) is 12.3. The Kier molecular flexibility index (Phi) is 3.63. The monoisotopic (exact) mass is 296 g/mol. The lowest BCUT2D eigenvalue weighted by molar-refractivity contribution is -0.384. The number of nitrogens with zero attached hydrogens (tertiary/aromatic N) is 2. The van der Waals surface area contributed by atoms with Gasteiger partial charge in [-0.2, -0.15) is 0 Å². The van der Waals surface area contributed by atoms with Gasteiger partial charge in [-0.15, -0.1) is 0 Å². The Balaban J connectivity index is 2.43. The molecule has 0 amide bonds. The summed E-state index contributed by atoms with van der Waals surface area (Å²) < 4.78 is 2.08. The average Bonchev–Trinajstić information content (AvgIpc) is 2.54. The number of hydrogen-bond donors (Lipinski definition) is 0. The fourth-order valence-electron chi connectivity index (χ4n) is 2.79. The van der Waals surface area contributed by atoms with E-state index in [0.717, 1.165) is 30.4 Å². The highest BCUT2D eigenvalue weighted by atomic mass is 16.6. The first-order valence-corrected chi connectivity index (χ1v) is 7.33. The van der Waals surface area contributed by atoms with Crippen molar-refractivity contribution < 1.29 is 4.92 Å². The quantitative estimate of drug-likeness (QED) is 0.417. The van der Waals surface area contributed by atoms with Crippen molar-refractivity contribution in [2.75, 3.05) is 0 Å². The average molecular weight is 296 g/mol. The molecule has 112 valence electrons. The molecule has 5 heteroatoms. The van der Waals surface area contributed by atoms with Gasteiger partial charge in [-0.05, 0) is 24.6 Å². The molecule has 0 N–H and O–H groups in total. The number of para-hydroxylation sites is 1. The van der Waals surface area contributed by atoms with Gasteiger partial charge in [0.1, 0.15) is 0 Å². The second-order valence-electron chi connectivity index (χ2n) is 5.31. The molecule has 0 aliphatic rings. The molecule has 3 aromatic rings. The maximum atomic E-state index is 12.7. The van der Waals surface area contributed by atoms with E-state index in [1.54, 1.807) is 12.1 Å². The fraction of sp³-hybridized carbons (Fsp3) is 0.235. The van der Waals surface area contributed by atoms with Crippen LogP contribution in [0.4, 0.5) is 5.69 Å². The van der Waals surface area contributed by atoms with Crippen LogP contribution in [0.2, 0.25) is 0 Å². The number of nitro groups is 1. The molecule has 0 fully saturated rings.